The van der Waals surface area contributed by atoms with E-state index >= 15 is 0 Å². The molecule has 0 aromatic carbocycles. The molecule has 0 saturated carbocycles. The molecule has 0 atom stereocenters. The van der Waals surface area contributed by atoms with Gasteiger partial charge in [-0.2, -0.15) is 18.3 Å². The van der Waals surface area contributed by atoms with Crippen molar-refractivity contribution in [3.05, 3.63) is 0 Å². The highest BCUT2D eigenvalue weighted by Crippen LogP contribution is 2.15. The first kappa shape index (κ1) is 10.2. The summed E-state index contributed by atoms with van der Waals surface area (Å²) in [7, 11) is 0. The predicted octanol–water partition coefficient (Wildman–Crippen LogP) is 0.758. The van der Waals surface area contributed by atoms with Crippen LogP contribution >= 0.6 is 12.2 Å². The number of thiocarbonyl (C=S) groups is 1. The van der Waals surface area contributed by atoms with E-state index in [-0.39, 0.29) is 5.11 Å². The van der Waals surface area contributed by atoms with Gasteiger partial charge in [0.15, 0.2) is 5.11 Å². The van der Waals surface area contributed by atoms with Gasteiger partial charge in [0, 0.05) is 0 Å². The fourth-order valence-electron chi connectivity index (χ4n) is 0.202. The Balaban J connectivity index is 4.12. The van der Waals surface area contributed by atoms with Crippen LogP contribution in [0.2, 0.25) is 0 Å². The molecule has 0 fully saturated rings. The maximum atomic E-state index is 11.6. The number of hydrogen-bond acceptors (Lipinski definition) is 2. The topological polar surface area (TPSA) is 50.4 Å². The Morgan fingerprint density at radius 3 is 2.27 bits per heavy atom. The number of alkyl halides is 3. The van der Waals surface area contributed by atoms with Gasteiger partial charge >= 0.3 is 6.18 Å². The average molecular weight is 185 g/mol. The van der Waals surface area contributed by atoms with Crippen molar-refractivity contribution in [1.29, 1.82) is 0 Å². The number of nitrogens with two attached hydrogens (primary N) is 1. The summed E-state index contributed by atoms with van der Waals surface area (Å²) in [6, 6.07) is 0. The Bertz CT molecular complexity index is 186. The van der Waals surface area contributed by atoms with Crippen LogP contribution in [0.5, 0.6) is 0 Å². The lowest BCUT2D eigenvalue weighted by molar-refractivity contribution is -0.0595. The number of halogens is 3. The molecule has 3 N–H and O–H groups in total. The van der Waals surface area contributed by atoms with Crippen LogP contribution in [0.4, 0.5) is 13.2 Å². The van der Waals surface area contributed by atoms with Gasteiger partial charge in [-0.05, 0) is 19.1 Å². The standard InChI is InChI=1S/C4H6F3N3S/c1-2(4(5,6)7)9-10-3(8)11/h1H3,(H3,8,10,11)/b9-2+. The number of rotatable bonds is 1. The smallest absolute Gasteiger partial charge is 0.375 e. The monoisotopic (exact) mass is 185 g/mol. The summed E-state index contributed by atoms with van der Waals surface area (Å²) in [5, 5.41) is 2.57. The molecule has 0 radical (unpaired) electrons. The summed E-state index contributed by atoms with van der Waals surface area (Å²) < 4.78 is 34.9. The van der Waals surface area contributed by atoms with Gasteiger partial charge in [0.1, 0.15) is 5.71 Å². The first-order chi connectivity index (χ1) is 4.84. The Labute approximate surface area is 66.4 Å². The molecule has 7 heteroatoms. The lowest BCUT2D eigenvalue weighted by Gasteiger charge is -2.04. The van der Waals surface area contributed by atoms with Gasteiger partial charge in [0.2, 0.25) is 0 Å². The fraction of sp³-hybridized carbons (Fsp3) is 0.500. The van der Waals surface area contributed by atoms with Gasteiger partial charge in [0.25, 0.3) is 0 Å². The Hall–Kier alpha value is -0.850. The minimum absolute atomic E-state index is 0.298. The van der Waals surface area contributed by atoms with E-state index in [4.69, 9.17) is 5.73 Å². The van der Waals surface area contributed by atoms with Crippen molar-refractivity contribution in [2.75, 3.05) is 0 Å². The third kappa shape index (κ3) is 4.54. The highest BCUT2D eigenvalue weighted by molar-refractivity contribution is 7.80. The molecule has 3 nitrogen and oxygen atoms in total. The zero-order valence-corrected chi connectivity index (χ0v) is 6.38. The molecular weight excluding hydrogens is 179 g/mol. The molecule has 0 amide bonds. The van der Waals surface area contributed by atoms with E-state index in [1.54, 1.807) is 0 Å². The molecule has 11 heavy (non-hydrogen) atoms. The Morgan fingerprint density at radius 1 is 1.55 bits per heavy atom. The van der Waals surface area contributed by atoms with E-state index in [0.717, 1.165) is 6.92 Å². The van der Waals surface area contributed by atoms with E-state index in [2.05, 4.69) is 17.3 Å². The zero-order valence-electron chi connectivity index (χ0n) is 5.57. The second-order valence-corrected chi connectivity index (χ2v) is 2.11. The minimum Gasteiger partial charge on any atom is -0.375 e. The second-order valence-electron chi connectivity index (χ2n) is 1.67. The maximum absolute atomic E-state index is 11.6. The SMILES string of the molecule is C/C(=N\NC(N)=S)C(F)(F)F. The van der Waals surface area contributed by atoms with E-state index in [9.17, 15) is 13.2 Å². The van der Waals surface area contributed by atoms with Gasteiger partial charge in [0.05, 0.1) is 0 Å². The van der Waals surface area contributed by atoms with Crippen LogP contribution < -0.4 is 11.2 Å². The molecule has 0 aliphatic rings. The van der Waals surface area contributed by atoms with Crippen LogP contribution in [-0.2, 0) is 0 Å². The quantitative estimate of drug-likeness (QED) is 0.360. The lowest BCUT2D eigenvalue weighted by Crippen LogP contribution is -2.29. The normalized spacial score (nSPS) is 12.9. The van der Waals surface area contributed by atoms with Gasteiger partial charge in [-0.25, -0.2) is 0 Å². The summed E-state index contributed by atoms with van der Waals surface area (Å²) in [6.07, 6.45) is -4.43. The van der Waals surface area contributed by atoms with Crippen molar-refractivity contribution in [3.63, 3.8) is 0 Å². The molecule has 0 heterocycles. The van der Waals surface area contributed by atoms with E-state index < -0.39 is 11.9 Å². The van der Waals surface area contributed by atoms with Crippen LogP contribution in [0.15, 0.2) is 5.10 Å². The lowest BCUT2D eigenvalue weighted by atomic mass is 10.4. The van der Waals surface area contributed by atoms with Gasteiger partial charge in [-0.1, -0.05) is 0 Å². The van der Waals surface area contributed by atoms with Crippen LogP contribution in [0.25, 0.3) is 0 Å². The molecule has 64 valence electrons. The van der Waals surface area contributed by atoms with Crippen molar-refractivity contribution < 1.29 is 13.2 Å². The first-order valence-corrected chi connectivity index (χ1v) is 2.92. The van der Waals surface area contributed by atoms with Crippen molar-refractivity contribution in [2.24, 2.45) is 10.8 Å². The van der Waals surface area contributed by atoms with Gasteiger partial charge < -0.3 is 5.73 Å². The summed E-state index contributed by atoms with van der Waals surface area (Å²) in [4.78, 5) is 0. The van der Waals surface area contributed by atoms with Gasteiger partial charge in [-0.15, -0.1) is 0 Å². The third-order valence-corrected chi connectivity index (χ3v) is 0.835. The zero-order chi connectivity index (χ0) is 9.07. The molecule has 0 unspecified atom stereocenters. The molecule has 0 aromatic rings. The molecule has 0 spiro atoms. The van der Waals surface area contributed by atoms with Crippen LogP contribution in [-0.4, -0.2) is 17.0 Å². The number of hydrazone groups is 1. The van der Waals surface area contributed by atoms with E-state index in [1.807, 2.05) is 5.43 Å². The van der Waals surface area contributed by atoms with Crippen LogP contribution in [0, 0.1) is 0 Å². The van der Waals surface area contributed by atoms with Crippen molar-refractivity contribution in [2.45, 2.75) is 13.1 Å². The molecule has 0 aliphatic carbocycles. The van der Waals surface area contributed by atoms with Crippen molar-refractivity contribution in [1.82, 2.24) is 5.43 Å². The average Bonchev–Trinajstić information content (AvgIpc) is 1.80. The highest BCUT2D eigenvalue weighted by Gasteiger charge is 2.32. The number of hydrogen-bond donors (Lipinski definition) is 2. The third-order valence-electron chi connectivity index (χ3n) is 0.744. The summed E-state index contributed by atoms with van der Waals surface area (Å²) in [5.74, 6) is 0. The van der Waals surface area contributed by atoms with E-state index in [0.29, 0.717) is 0 Å². The minimum atomic E-state index is -4.43. The molecule has 0 bridgehead atoms. The highest BCUT2D eigenvalue weighted by atomic mass is 32.1. The maximum Gasteiger partial charge on any atom is 0.430 e. The summed E-state index contributed by atoms with van der Waals surface area (Å²) in [6.45, 7) is 0.811. The molecule has 0 rings (SSSR count). The summed E-state index contributed by atoms with van der Waals surface area (Å²) >= 11 is 4.23. The predicted molar refractivity (Wildman–Crippen MR) is 39.1 cm³/mol. The Morgan fingerprint density at radius 2 is 2.00 bits per heavy atom. The second kappa shape index (κ2) is 3.51. The summed E-state index contributed by atoms with van der Waals surface area (Å²) in [5.41, 5.74) is 5.64. The van der Waals surface area contributed by atoms with Crippen LogP contribution in [0.3, 0.4) is 0 Å². The molecular formula is C4H6F3N3S. The largest absolute Gasteiger partial charge is 0.430 e. The number of nitrogens with one attached hydrogen (secondary N) is 1. The number of nitrogens with zero attached hydrogens (tertiary/aromatic N) is 1. The molecule has 0 saturated heterocycles. The molecule has 0 aliphatic heterocycles. The Kier molecular flexibility index (Phi) is 3.24. The fourth-order valence-corrected chi connectivity index (χ4v) is 0.248. The molecule has 0 aromatic heterocycles. The first-order valence-electron chi connectivity index (χ1n) is 2.51. The van der Waals surface area contributed by atoms with E-state index in [1.165, 1.54) is 0 Å². The van der Waals surface area contributed by atoms with Crippen molar-refractivity contribution in [3.8, 4) is 0 Å². The van der Waals surface area contributed by atoms with Crippen LogP contribution in [0.1, 0.15) is 6.92 Å². The van der Waals surface area contributed by atoms with Gasteiger partial charge in [-0.3, -0.25) is 5.43 Å². The van der Waals surface area contributed by atoms with Crippen molar-refractivity contribution >= 4 is 23.0 Å².